The van der Waals surface area contributed by atoms with Crippen LogP contribution in [0.3, 0.4) is 0 Å². The van der Waals surface area contributed by atoms with E-state index in [4.69, 9.17) is 0 Å². The van der Waals surface area contributed by atoms with Gasteiger partial charge in [0.2, 0.25) is 0 Å². The number of aromatic nitrogens is 1. The smallest absolute Gasteiger partial charge is 0.251 e. The zero-order valence-electron chi connectivity index (χ0n) is 10.9. The van der Waals surface area contributed by atoms with E-state index < -0.39 is 0 Å². The van der Waals surface area contributed by atoms with E-state index in [0.29, 0.717) is 5.41 Å². The lowest BCUT2D eigenvalue weighted by Gasteiger charge is -2.14. The Kier molecular flexibility index (Phi) is 2.25. The maximum atomic E-state index is 12.2. The number of hydrogen-bond donors (Lipinski definition) is 2. The Morgan fingerprint density at radius 2 is 2.16 bits per heavy atom. The molecule has 19 heavy (non-hydrogen) atoms. The maximum absolute atomic E-state index is 12.2. The summed E-state index contributed by atoms with van der Waals surface area (Å²) < 4.78 is 0. The van der Waals surface area contributed by atoms with Crippen molar-refractivity contribution in [3.63, 3.8) is 0 Å². The van der Waals surface area contributed by atoms with E-state index in [9.17, 15) is 4.79 Å². The average Bonchev–Trinajstić information content (AvgIpc) is 3.32. The molecule has 1 aromatic heterocycles. The van der Waals surface area contributed by atoms with Crippen molar-refractivity contribution in [1.29, 1.82) is 0 Å². The molecule has 0 spiro atoms. The first kappa shape index (κ1) is 11.1. The second kappa shape index (κ2) is 3.86. The number of carbonyl (C=O) groups is 1. The summed E-state index contributed by atoms with van der Waals surface area (Å²) in [6, 6.07) is 7.85. The van der Waals surface area contributed by atoms with Crippen molar-refractivity contribution < 1.29 is 4.79 Å². The van der Waals surface area contributed by atoms with Crippen molar-refractivity contribution in [2.24, 2.45) is 11.3 Å². The molecular weight excluding hydrogens is 236 g/mol. The first-order chi connectivity index (χ1) is 9.27. The van der Waals surface area contributed by atoms with Crippen molar-refractivity contribution in [3.05, 3.63) is 36.0 Å². The van der Waals surface area contributed by atoms with Crippen molar-refractivity contribution >= 4 is 16.8 Å². The highest BCUT2D eigenvalue weighted by Gasteiger charge is 2.53. The van der Waals surface area contributed by atoms with Crippen molar-refractivity contribution in [1.82, 2.24) is 10.3 Å². The molecule has 1 heterocycles. The Morgan fingerprint density at radius 3 is 2.89 bits per heavy atom. The number of nitrogens with one attached hydrogen (secondary N) is 2. The molecule has 1 amide bonds. The number of amides is 1. The summed E-state index contributed by atoms with van der Waals surface area (Å²) in [6.07, 6.45) is 7.23. The van der Waals surface area contributed by atoms with E-state index in [0.717, 1.165) is 28.9 Å². The zero-order valence-corrected chi connectivity index (χ0v) is 10.9. The van der Waals surface area contributed by atoms with Crippen LogP contribution in [0.1, 0.15) is 36.0 Å². The molecule has 0 saturated heterocycles. The van der Waals surface area contributed by atoms with Gasteiger partial charge in [-0.05, 0) is 60.6 Å². The first-order valence-electron chi connectivity index (χ1n) is 7.12. The van der Waals surface area contributed by atoms with Crippen LogP contribution in [-0.4, -0.2) is 17.4 Å². The van der Waals surface area contributed by atoms with Crippen molar-refractivity contribution in [3.8, 4) is 0 Å². The van der Waals surface area contributed by atoms with Crippen LogP contribution < -0.4 is 5.32 Å². The van der Waals surface area contributed by atoms with Crippen LogP contribution in [0, 0.1) is 11.3 Å². The topological polar surface area (TPSA) is 44.9 Å². The van der Waals surface area contributed by atoms with Gasteiger partial charge in [0, 0.05) is 23.8 Å². The van der Waals surface area contributed by atoms with Gasteiger partial charge in [0.25, 0.3) is 5.91 Å². The highest BCUT2D eigenvalue weighted by molar-refractivity contribution is 5.97. The summed E-state index contributed by atoms with van der Waals surface area (Å²) in [5.41, 5.74) is 2.24. The van der Waals surface area contributed by atoms with Crippen LogP contribution in [0.25, 0.3) is 10.9 Å². The second-order valence-corrected chi connectivity index (χ2v) is 6.10. The third kappa shape index (κ3) is 1.93. The van der Waals surface area contributed by atoms with Gasteiger partial charge in [-0.25, -0.2) is 0 Å². The van der Waals surface area contributed by atoms with Gasteiger partial charge < -0.3 is 10.3 Å². The molecule has 2 fully saturated rings. The van der Waals surface area contributed by atoms with E-state index in [1.54, 1.807) is 0 Å². The molecule has 0 radical (unpaired) electrons. The number of carbonyl (C=O) groups excluding carboxylic acids is 1. The molecule has 0 atom stereocenters. The molecule has 2 N–H and O–H groups in total. The molecule has 1 aromatic carbocycles. The quantitative estimate of drug-likeness (QED) is 0.865. The van der Waals surface area contributed by atoms with E-state index in [1.807, 2.05) is 30.5 Å². The lowest BCUT2D eigenvalue weighted by atomic mass is 10.0. The maximum Gasteiger partial charge on any atom is 0.251 e. The summed E-state index contributed by atoms with van der Waals surface area (Å²) in [5.74, 6) is 0.946. The summed E-state index contributed by atoms with van der Waals surface area (Å²) in [6.45, 7) is 0.860. The predicted molar refractivity (Wildman–Crippen MR) is 75.0 cm³/mol. The van der Waals surface area contributed by atoms with E-state index in [-0.39, 0.29) is 5.91 Å². The molecule has 4 rings (SSSR count). The van der Waals surface area contributed by atoms with Gasteiger partial charge in [-0.2, -0.15) is 0 Å². The largest absolute Gasteiger partial charge is 0.361 e. The average molecular weight is 254 g/mol. The number of aromatic amines is 1. The zero-order chi connectivity index (χ0) is 12.9. The number of rotatable bonds is 4. The molecular formula is C16H18N2O. The Bertz CT molecular complexity index is 635. The number of benzene rings is 1. The Balaban J connectivity index is 1.47. The Hall–Kier alpha value is -1.77. The Labute approximate surface area is 112 Å². The van der Waals surface area contributed by atoms with Gasteiger partial charge in [0.05, 0.1) is 0 Å². The van der Waals surface area contributed by atoms with Gasteiger partial charge in [-0.3, -0.25) is 4.79 Å². The van der Waals surface area contributed by atoms with Crippen LogP contribution in [0.5, 0.6) is 0 Å². The van der Waals surface area contributed by atoms with Gasteiger partial charge in [0.1, 0.15) is 0 Å². The second-order valence-electron chi connectivity index (χ2n) is 6.10. The number of H-pyrrole nitrogens is 1. The molecule has 0 bridgehead atoms. The van der Waals surface area contributed by atoms with Crippen LogP contribution in [0.4, 0.5) is 0 Å². The highest BCUT2D eigenvalue weighted by atomic mass is 16.1. The lowest BCUT2D eigenvalue weighted by Crippen LogP contribution is -2.31. The summed E-state index contributed by atoms with van der Waals surface area (Å²) in [5, 5.41) is 4.27. The highest BCUT2D eigenvalue weighted by Crippen LogP contribution is 2.60. The summed E-state index contributed by atoms with van der Waals surface area (Å²) in [4.78, 5) is 15.4. The minimum Gasteiger partial charge on any atom is -0.361 e. The van der Waals surface area contributed by atoms with E-state index in [1.165, 1.54) is 25.7 Å². The lowest BCUT2D eigenvalue weighted by molar-refractivity contribution is 0.0942. The summed E-state index contributed by atoms with van der Waals surface area (Å²) >= 11 is 0. The molecule has 2 aliphatic rings. The molecule has 0 unspecified atom stereocenters. The standard InChI is InChI=1S/C16H18N2O/c19-15(18-10-16(6-7-16)13-3-4-13)12-2-1-11-5-8-17-14(11)9-12/h1-2,5,8-9,13,17H,3-4,6-7,10H2,(H,18,19). The molecule has 98 valence electrons. The van der Waals surface area contributed by atoms with E-state index in [2.05, 4.69) is 10.3 Å². The SMILES string of the molecule is O=C(NCC1(C2CC2)CC1)c1ccc2cc[nH]c2c1. The minimum atomic E-state index is 0.0587. The third-order valence-electron chi connectivity index (χ3n) is 4.75. The fourth-order valence-electron chi connectivity index (χ4n) is 3.13. The number of hydrogen-bond acceptors (Lipinski definition) is 1. The normalized spacial score (nSPS) is 20.4. The van der Waals surface area contributed by atoms with Crippen LogP contribution in [-0.2, 0) is 0 Å². The Morgan fingerprint density at radius 1 is 1.32 bits per heavy atom. The van der Waals surface area contributed by atoms with Gasteiger partial charge in [0.15, 0.2) is 0 Å². The van der Waals surface area contributed by atoms with Gasteiger partial charge >= 0.3 is 0 Å². The molecule has 2 saturated carbocycles. The van der Waals surface area contributed by atoms with Crippen molar-refractivity contribution in [2.45, 2.75) is 25.7 Å². The predicted octanol–water partition coefficient (Wildman–Crippen LogP) is 3.09. The first-order valence-corrected chi connectivity index (χ1v) is 7.12. The van der Waals surface area contributed by atoms with Crippen molar-refractivity contribution in [2.75, 3.05) is 6.54 Å². The van der Waals surface area contributed by atoms with E-state index >= 15 is 0 Å². The summed E-state index contributed by atoms with van der Waals surface area (Å²) in [7, 11) is 0. The molecule has 2 aliphatic carbocycles. The minimum absolute atomic E-state index is 0.0587. The van der Waals surface area contributed by atoms with Crippen LogP contribution in [0.15, 0.2) is 30.5 Å². The molecule has 0 aliphatic heterocycles. The number of fused-ring (bicyclic) bond motifs is 1. The third-order valence-corrected chi connectivity index (χ3v) is 4.75. The van der Waals surface area contributed by atoms with Crippen LogP contribution in [0.2, 0.25) is 0 Å². The van der Waals surface area contributed by atoms with Gasteiger partial charge in [-0.1, -0.05) is 6.07 Å². The van der Waals surface area contributed by atoms with Gasteiger partial charge in [-0.15, -0.1) is 0 Å². The fraction of sp³-hybridized carbons (Fsp3) is 0.438. The van der Waals surface area contributed by atoms with Crippen LogP contribution >= 0.6 is 0 Å². The molecule has 3 heteroatoms. The monoisotopic (exact) mass is 254 g/mol. The molecule has 3 nitrogen and oxygen atoms in total. The molecule has 2 aromatic rings. The fourth-order valence-corrected chi connectivity index (χ4v) is 3.13.